The highest BCUT2D eigenvalue weighted by Crippen LogP contribution is 2.13. The highest BCUT2D eigenvalue weighted by atomic mass is 16.1. The fraction of sp³-hybridized carbons (Fsp3) is 0.333. The SMILES string of the molecule is O=C(N[C@@H]1CCNC1)c1ccc2cn[nH]c2c1. The molecule has 1 atom stereocenters. The fourth-order valence-corrected chi connectivity index (χ4v) is 2.12. The summed E-state index contributed by atoms with van der Waals surface area (Å²) in [7, 11) is 0. The lowest BCUT2D eigenvalue weighted by molar-refractivity contribution is 0.0940. The van der Waals surface area contributed by atoms with Crippen LogP contribution in [0.2, 0.25) is 0 Å². The predicted molar refractivity (Wildman–Crippen MR) is 64.8 cm³/mol. The van der Waals surface area contributed by atoms with Crippen LogP contribution in [-0.4, -0.2) is 35.2 Å². The molecule has 1 aliphatic heterocycles. The first kappa shape index (κ1) is 10.3. The van der Waals surface area contributed by atoms with Crippen molar-refractivity contribution >= 4 is 16.8 Å². The van der Waals surface area contributed by atoms with Gasteiger partial charge in [-0.2, -0.15) is 5.10 Å². The average Bonchev–Trinajstić information content (AvgIpc) is 2.97. The lowest BCUT2D eigenvalue weighted by Crippen LogP contribution is -2.36. The van der Waals surface area contributed by atoms with E-state index in [1.807, 2.05) is 18.2 Å². The Morgan fingerprint density at radius 3 is 3.24 bits per heavy atom. The van der Waals surface area contributed by atoms with Crippen LogP contribution in [0.25, 0.3) is 10.9 Å². The van der Waals surface area contributed by atoms with E-state index in [1.54, 1.807) is 6.20 Å². The number of rotatable bonds is 2. The van der Waals surface area contributed by atoms with E-state index < -0.39 is 0 Å². The Morgan fingerprint density at radius 2 is 2.41 bits per heavy atom. The number of fused-ring (bicyclic) bond motifs is 1. The molecule has 0 radical (unpaired) electrons. The summed E-state index contributed by atoms with van der Waals surface area (Å²) in [5, 5.41) is 14.1. The third-order valence-corrected chi connectivity index (χ3v) is 3.10. The maximum absolute atomic E-state index is 12.0. The molecule has 88 valence electrons. The average molecular weight is 230 g/mol. The molecule has 2 heterocycles. The molecule has 0 bridgehead atoms. The number of amides is 1. The highest BCUT2D eigenvalue weighted by molar-refractivity contribution is 5.97. The second-order valence-electron chi connectivity index (χ2n) is 4.34. The number of nitrogens with one attached hydrogen (secondary N) is 3. The van der Waals surface area contributed by atoms with Crippen molar-refractivity contribution in [3.8, 4) is 0 Å². The Labute approximate surface area is 98.6 Å². The zero-order chi connectivity index (χ0) is 11.7. The van der Waals surface area contributed by atoms with Crippen LogP contribution in [0.1, 0.15) is 16.8 Å². The van der Waals surface area contributed by atoms with Crippen molar-refractivity contribution in [3.63, 3.8) is 0 Å². The molecular weight excluding hydrogens is 216 g/mol. The maximum Gasteiger partial charge on any atom is 0.251 e. The van der Waals surface area contributed by atoms with Crippen molar-refractivity contribution in [2.24, 2.45) is 0 Å². The van der Waals surface area contributed by atoms with Crippen LogP contribution < -0.4 is 10.6 Å². The molecule has 0 saturated carbocycles. The number of aromatic amines is 1. The van der Waals surface area contributed by atoms with Gasteiger partial charge in [0.15, 0.2) is 0 Å². The summed E-state index contributed by atoms with van der Waals surface area (Å²) < 4.78 is 0. The van der Waals surface area contributed by atoms with Crippen LogP contribution in [0.15, 0.2) is 24.4 Å². The summed E-state index contributed by atoms with van der Waals surface area (Å²) in [5.74, 6) is -0.0183. The van der Waals surface area contributed by atoms with Gasteiger partial charge < -0.3 is 10.6 Å². The molecule has 5 heteroatoms. The second kappa shape index (κ2) is 4.18. The molecule has 1 amide bonds. The summed E-state index contributed by atoms with van der Waals surface area (Å²) in [6.07, 6.45) is 2.75. The van der Waals surface area contributed by atoms with E-state index in [9.17, 15) is 4.79 Å². The monoisotopic (exact) mass is 230 g/mol. The Balaban J connectivity index is 1.79. The normalized spacial score (nSPS) is 19.6. The molecule has 0 unspecified atom stereocenters. The number of benzene rings is 1. The minimum absolute atomic E-state index is 0.0183. The molecule has 1 aromatic carbocycles. The summed E-state index contributed by atoms with van der Waals surface area (Å²) in [5.41, 5.74) is 1.57. The van der Waals surface area contributed by atoms with Gasteiger partial charge in [-0.15, -0.1) is 0 Å². The summed E-state index contributed by atoms with van der Waals surface area (Å²) >= 11 is 0. The van der Waals surface area contributed by atoms with E-state index in [-0.39, 0.29) is 11.9 Å². The summed E-state index contributed by atoms with van der Waals surface area (Å²) in [6, 6.07) is 5.82. The molecule has 0 spiro atoms. The third kappa shape index (κ3) is 2.01. The van der Waals surface area contributed by atoms with E-state index in [2.05, 4.69) is 20.8 Å². The smallest absolute Gasteiger partial charge is 0.251 e. The first-order valence-electron chi connectivity index (χ1n) is 5.77. The van der Waals surface area contributed by atoms with E-state index in [4.69, 9.17) is 0 Å². The molecule has 1 fully saturated rings. The Morgan fingerprint density at radius 1 is 1.47 bits per heavy atom. The predicted octanol–water partition coefficient (Wildman–Crippen LogP) is 0.655. The van der Waals surface area contributed by atoms with Crippen LogP contribution in [0.5, 0.6) is 0 Å². The Kier molecular flexibility index (Phi) is 2.53. The topological polar surface area (TPSA) is 69.8 Å². The fourth-order valence-electron chi connectivity index (χ4n) is 2.12. The Hall–Kier alpha value is -1.88. The molecule has 5 nitrogen and oxygen atoms in total. The van der Waals surface area contributed by atoms with E-state index >= 15 is 0 Å². The largest absolute Gasteiger partial charge is 0.348 e. The van der Waals surface area contributed by atoms with Crippen LogP contribution in [0, 0.1) is 0 Å². The van der Waals surface area contributed by atoms with Crippen molar-refractivity contribution < 1.29 is 4.79 Å². The standard InChI is InChI=1S/C12H14N4O/c17-12(15-10-3-4-13-7-10)8-1-2-9-6-14-16-11(9)5-8/h1-2,5-6,10,13H,3-4,7H2,(H,14,16)(H,15,17)/t10-/m1/s1. The van der Waals surface area contributed by atoms with Crippen LogP contribution in [0.3, 0.4) is 0 Å². The molecule has 3 rings (SSSR count). The van der Waals surface area contributed by atoms with Crippen molar-refractivity contribution in [2.45, 2.75) is 12.5 Å². The minimum Gasteiger partial charge on any atom is -0.348 e. The molecular formula is C12H14N4O. The number of carbonyl (C=O) groups is 1. The molecule has 2 aromatic rings. The van der Waals surface area contributed by atoms with Gasteiger partial charge in [-0.1, -0.05) is 6.07 Å². The molecule has 3 N–H and O–H groups in total. The summed E-state index contributed by atoms with van der Waals surface area (Å²) in [4.78, 5) is 12.0. The van der Waals surface area contributed by atoms with Crippen LogP contribution in [0.4, 0.5) is 0 Å². The molecule has 1 aliphatic rings. The van der Waals surface area contributed by atoms with E-state index in [1.165, 1.54) is 0 Å². The molecule has 1 saturated heterocycles. The van der Waals surface area contributed by atoms with Gasteiger partial charge in [0.2, 0.25) is 0 Å². The van der Waals surface area contributed by atoms with Gasteiger partial charge in [0.1, 0.15) is 0 Å². The summed E-state index contributed by atoms with van der Waals surface area (Å²) in [6.45, 7) is 1.84. The molecule has 0 aliphatic carbocycles. The number of carbonyl (C=O) groups excluding carboxylic acids is 1. The van der Waals surface area contributed by atoms with Crippen molar-refractivity contribution in [3.05, 3.63) is 30.0 Å². The number of H-pyrrole nitrogens is 1. The van der Waals surface area contributed by atoms with Gasteiger partial charge in [0.25, 0.3) is 5.91 Å². The van der Waals surface area contributed by atoms with Gasteiger partial charge in [0, 0.05) is 23.5 Å². The van der Waals surface area contributed by atoms with Gasteiger partial charge in [-0.3, -0.25) is 9.89 Å². The second-order valence-corrected chi connectivity index (χ2v) is 4.34. The number of hydrogen-bond acceptors (Lipinski definition) is 3. The zero-order valence-electron chi connectivity index (χ0n) is 9.36. The number of aromatic nitrogens is 2. The quantitative estimate of drug-likeness (QED) is 0.709. The van der Waals surface area contributed by atoms with Crippen molar-refractivity contribution in [2.75, 3.05) is 13.1 Å². The van der Waals surface area contributed by atoms with Crippen molar-refractivity contribution in [1.82, 2.24) is 20.8 Å². The van der Waals surface area contributed by atoms with Gasteiger partial charge in [-0.05, 0) is 25.1 Å². The number of nitrogens with zero attached hydrogens (tertiary/aromatic N) is 1. The lowest BCUT2D eigenvalue weighted by atomic mass is 10.1. The lowest BCUT2D eigenvalue weighted by Gasteiger charge is -2.11. The van der Waals surface area contributed by atoms with Gasteiger partial charge >= 0.3 is 0 Å². The van der Waals surface area contributed by atoms with Gasteiger partial charge in [0.05, 0.1) is 11.7 Å². The van der Waals surface area contributed by atoms with Crippen LogP contribution >= 0.6 is 0 Å². The zero-order valence-corrected chi connectivity index (χ0v) is 9.36. The maximum atomic E-state index is 12.0. The van der Waals surface area contributed by atoms with Crippen LogP contribution in [-0.2, 0) is 0 Å². The van der Waals surface area contributed by atoms with E-state index in [0.717, 1.165) is 30.4 Å². The third-order valence-electron chi connectivity index (χ3n) is 3.10. The minimum atomic E-state index is -0.0183. The number of hydrogen-bond donors (Lipinski definition) is 3. The van der Waals surface area contributed by atoms with Gasteiger partial charge in [-0.25, -0.2) is 0 Å². The Bertz CT molecular complexity index is 542. The van der Waals surface area contributed by atoms with Crippen molar-refractivity contribution in [1.29, 1.82) is 0 Å². The van der Waals surface area contributed by atoms with E-state index in [0.29, 0.717) is 5.56 Å². The highest BCUT2D eigenvalue weighted by Gasteiger charge is 2.17. The first-order chi connectivity index (χ1) is 8.33. The molecule has 17 heavy (non-hydrogen) atoms. The first-order valence-corrected chi connectivity index (χ1v) is 5.77. The molecule has 1 aromatic heterocycles.